The lowest BCUT2D eigenvalue weighted by Gasteiger charge is -2.46. The van der Waals surface area contributed by atoms with E-state index in [1.807, 2.05) is 52.0 Å². The first-order valence-electron chi connectivity index (χ1n) is 11.9. The average molecular weight is 456 g/mol. The van der Waals surface area contributed by atoms with Crippen LogP contribution in [0.2, 0.25) is 0 Å². The van der Waals surface area contributed by atoms with E-state index in [-0.39, 0.29) is 6.09 Å². The Morgan fingerprint density at radius 1 is 1.15 bits per heavy atom. The van der Waals surface area contributed by atoms with Crippen molar-refractivity contribution in [3.63, 3.8) is 0 Å². The van der Waals surface area contributed by atoms with Gasteiger partial charge in [-0.25, -0.2) is 9.78 Å². The van der Waals surface area contributed by atoms with Crippen LogP contribution < -0.4 is 10.6 Å². The van der Waals surface area contributed by atoms with Gasteiger partial charge in [-0.1, -0.05) is 0 Å². The van der Waals surface area contributed by atoms with Crippen molar-refractivity contribution >= 4 is 23.5 Å². The predicted octanol–water partition coefficient (Wildman–Crippen LogP) is 4.63. The molecule has 1 amide bonds. The quantitative estimate of drug-likeness (QED) is 0.693. The van der Waals surface area contributed by atoms with Crippen molar-refractivity contribution < 1.29 is 9.53 Å². The summed E-state index contributed by atoms with van der Waals surface area (Å²) in [6.07, 6.45) is 12.0. The molecule has 1 saturated heterocycles. The van der Waals surface area contributed by atoms with Gasteiger partial charge in [-0.15, -0.1) is 0 Å². The van der Waals surface area contributed by atoms with Crippen LogP contribution in [0.25, 0.3) is 0 Å². The molecule has 0 bridgehead atoms. The lowest BCUT2D eigenvalue weighted by Crippen LogP contribution is -2.47. The van der Waals surface area contributed by atoms with Gasteiger partial charge < -0.3 is 20.3 Å². The number of likely N-dealkylation sites (tertiary alicyclic amines) is 1. The summed E-state index contributed by atoms with van der Waals surface area (Å²) < 4.78 is 7.29. The van der Waals surface area contributed by atoms with Crippen LogP contribution in [-0.2, 0) is 11.8 Å². The molecule has 2 aromatic heterocycles. The van der Waals surface area contributed by atoms with E-state index in [9.17, 15) is 4.79 Å². The summed E-state index contributed by atoms with van der Waals surface area (Å²) in [5, 5.41) is 11.0. The second kappa shape index (κ2) is 9.19. The Bertz CT molecular complexity index is 963. The summed E-state index contributed by atoms with van der Waals surface area (Å²) in [5.41, 5.74) is 1.81. The molecule has 0 radical (unpaired) electrons. The number of hydrogen-bond donors (Lipinski definition) is 2. The number of ether oxygens (including phenoxy) is 1. The maximum atomic E-state index is 12.4. The van der Waals surface area contributed by atoms with E-state index in [1.165, 1.54) is 12.8 Å². The van der Waals surface area contributed by atoms with Gasteiger partial charge in [0.25, 0.3) is 0 Å². The standard InChI is InChI=1S/C24H37N7O2/c1-17-14-25-21(28-19-15-26-30(5)16-19)29-20(17)27-18-6-8-24(9-7-18)10-12-31(13-11-24)22(32)33-23(2,3)4/h14-16,18H,6-13H2,1-5H3,(H2,25,27,28,29). The van der Waals surface area contributed by atoms with Crippen molar-refractivity contribution in [3.8, 4) is 0 Å². The highest BCUT2D eigenvalue weighted by Crippen LogP contribution is 2.45. The Balaban J connectivity index is 1.29. The summed E-state index contributed by atoms with van der Waals surface area (Å²) >= 11 is 0. The molecular formula is C24H37N7O2. The number of aryl methyl sites for hydroxylation is 2. The van der Waals surface area contributed by atoms with Gasteiger partial charge in [-0.05, 0) is 71.6 Å². The first-order chi connectivity index (χ1) is 15.6. The summed E-state index contributed by atoms with van der Waals surface area (Å²) in [6.45, 7) is 9.38. The van der Waals surface area contributed by atoms with E-state index < -0.39 is 5.60 Å². The first-order valence-corrected chi connectivity index (χ1v) is 11.9. The fraction of sp³-hybridized carbons (Fsp3) is 0.667. The van der Waals surface area contributed by atoms with Gasteiger partial charge in [0.05, 0.1) is 11.9 Å². The van der Waals surface area contributed by atoms with E-state index in [2.05, 4.69) is 20.7 Å². The highest BCUT2D eigenvalue weighted by atomic mass is 16.6. The molecule has 0 unspecified atom stereocenters. The highest BCUT2D eigenvalue weighted by molar-refractivity contribution is 5.68. The van der Waals surface area contributed by atoms with Crippen LogP contribution in [0, 0.1) is 12.3 Å². The average Bonchev–Trinajstić information content (AvgIpc) is 3.16. The second-order valence-corrected chi connectivity index (χ2v) is 10.6. The summed E-state index contributed by atoms with van der Waals surface area (Å²) in [5.74, 6) is 1.45. The number of carbonyl (C=O) groups excluding carboxylic acids is 1. The molecule has 2 fully saturated rings. The zero-order valence-corrected chi connectivity index (χ0v) is 20.5. The lowest BCUT2D eigenvalue weighted by atomic mass is 9.67. The molecule has 1 aliphatic heterocycles. The van der Waals surface area contributed by atoms with E-state index in [0.29, 0.717) is 17.4 Å². The fourth-order valence-corrected chi connectivity index (χ4v) is 4.82. The fourth-order valence-electron chi connectivity index (χ4n) is 4.82. The molecular weight excluding hydrogens is 418 g/mol. The van der Waals surface area contributed by atoms with E-state index in [0.717, 1.165) is 55.8 Å². The third-order valence-electron chi connectivity index (χ3n) is 6.80. The topological polar surface area (TPSA) is 97.2 Å². The van der Waals surface area contributed by atoms with Gasteiger partial charge in [0.15, 0.2) is 0 Å². The van der Waals surface area contributed by atoms with Crippen molar-refractivity contribution in [2.24, 2.45) is 12.5 Å². The molecule has 2 N–H and O–H groups in total. The number of rotatable bonds is 4. The van der Waals surface area contributed by atoms with Crippen LogP contribution in [0.4, 0.5) is 22.2 Å². The molecule has 33 heavy (non-hydrogen) atoms. The van der Waals surface area contributed by atoms with Crippen LogP contribution >= 0.6 is 0 Å². The number of nitrogens with one attached hydrogen (secondary N) is 2. The Morgan fingerprint density at radius 2 is 1.85 bits per heavy atom. The predicted molar refractivity (Wildman–Crippen MR) is 129 cm³/mol. The van der Waals surface area contributed by atoms with Crippen LogP contribution in [-0.4, -0.2) is 55.5 Å². The van der Waals surface area contributed by atoms with Crippen molar-refractivity contribution in [1.29, 1.82) is 0 Å². The van der Waals surface area contributed by atoms with Gasteiger partial charge in [0, 0.05) is 44.1 Å². The Hall–Kier alpha value is -2.84. The molecule has 1 spiro atoms. The van der Waals surface area contributed by atoms with Crippen LogP contribution in [0.5, 0.6) is 0 Å². The summed E-state index contributed by atoms with van der Waals surface area (Å²) in [7, 11) is 1.88. The number of amides is 1. The van der Waals surface area contributed by atoms with E-state index in [1.54, 1.807) is 10.9 Å². The Labute approximate surface area is 196 Å². The third kappa shape index (κ3) is 5.94. The summed E-state index contributed by atoms with van der Waals surface area (Å²) in [6, 6.07) is 0.402. The SMILES string of the molecule is Cc1cnc(Nc2cnn(C)c2)nc1NC1CCC2(CC1)CCN(C(=O)OC(C)(C)C)CC2. The molecule has 0 atom stereocenters. The number of hydrogen-bond acceptors (Lipinski definition) is 7. The van der Waals surface area contributed by atoms with Gasteiger partial charge >= 0.3 is 6.09 Å². The zero-order valence-electron chi connectivity index (χ0n) is 20.5. The monoisotopic (exact) mass is 455 g/mol. The number of nitrogens with zero attached hydrogens (tertiary/aromatic N) is 5. The van der Waals surface area contributed by atoms with Gasteiger partial charge in [-0.2, -0.15) is 10.1 Å². The minimum atomic E-state index is -0.442. The smallest absolute Gasteiger partial charge is 0.410 e. The van der Waals surface area contributed by atoms with Crippen molar-refractivity contribution in [1.82, 2.24) is 24.6 Å². The summed E-state index contributed by atoms with van der Waals surface area (Å²) in [4.78, 5) is 23.4. The maximum absolute atomic E-state index is 12.4. The van der Waals surface area contributed by atoms with Crippen LogP contribution in [0.3, 0.4) is 0 Å². The number of piperidine rings is 1. The number of anilines is 3. The van der Waals surface area contributed by atoms with Crippen molar-refractivity contribution in [2.45, 2.75) is 77.9 Å². The number of carbonyl (C=O) groups is 1. The van der Waals surface area contributed by atoms with Crippen molar-refractivity contribution in [3.05, 3.63) is 24.2 Å². The Morgan fingerprint density at radius 3 is 2.45 bits per heavy atom. The number of aromatic nitrogens is 4. The largest absolute Gasteiger partial charge is 0.444 e. The Kier molecular flexibility index (Phi) is 6.50. The maximum Gasteiger partial charge on any atom is 0.410 e. The van der Waals surface area contributed by atoms with E-state index >= 15 is 0 Å². The molecule has 3 heterocycles. The van der Waals surface area contributed by atoms with Crippen molar-refractivity contribution in [2.75, 3.05) is 23.7 Å². The van der Waals surface area contributed by atoms with Crippen LogP contribution in [0.1, 0.15) is 64.9 Å². The van der Waals surface area contributed by atoms with Crippen LogP contribution in [0.15, 0.2) is 18.6 Å². The van der Waals surface area contributed by atoms with Gasteiger partial charge in [0.1, 0.15) is 11.4 Å². The molecule has 1 saturated carbocycles. The molecule has 1 aliphatic carbocycles. The minimum Gasteiger partial charge on any atom is -0.444 e. The third-order valence-corrected chi connectivity index (χ3v) is 6.80. The molecule has 0 aromatic carbocycles. The first kappa shape index (κ1) is 23.3. The molecule has 9 nitrogen and oxygen atoms in total. The zero-order chi connectivity index (χ0) is 23.6. The molecule has 4 rings (SSSR count). The van der Waals surface area contributed by atoms with E-state index in [4.69, 9.17) is 9.72 Å². The molecule has 9 heteroatoms. The minimum absolute atomic E-state index is 0.178. The second-order valence-electron chi connectivity index (χ2n) is 10.6. The lowest BCUT2D eigenvalue weighted by molar-refractivity contribution is 0.00394. The van der Waals surface area contributed by atoms with Gasteiger partial charge in [0.2, 0.25) is 5.95 Å². The highest BCUT2D eigenvalue weighted by Gasteiger charge is 2.39. The molecule has 2 aliphatic rings. The van der Waals surface area contributed by atoms with Gasteiger partial charge in [-0.3, -0.25) is 4.68 Å². The molecule has 180 valence electrons. The normalized spacial score (nSPS) is 18.9. The molecule has 2 aromatic rings.